The second-order valence-electron chi connectivity index (χ2n) is 0. The molecule has 0 nitrogen and oxygen atoms in total. The fourth-order valence-electron chi connectivity index (χ4n) is 0. The molecule has 0 aliphatic rings. The molecule has 0 unspecified atom stereocenters. The Labute approximate surface area is 106 Å². The van der Waals surface area contributed by atoms with Gasteiger partial charge in [0.25, 0.3) is 0 Å². The molecule has 4 heteroatoms. The van der Waals surface area contributed by atoms with Crippen molar-refractivity contribution in [1.29, 1.82) is 0 Å². The maximum atomic E-state index is 0. The van der Waals surface area contributed by atoms with Crippen LogP contribution in [0.2, 0.25) is 0 Å². The zero-order chi connectivity index (χ0) is 0. The van der Waals surface area contributed by atoms with Gasteiger partial charge in [0.05, 0.1) is 0 Å². The first-order chi connectivity index (χ1) is 0. The molecular formula is H7BaGaSeZn. The van der Waals surface area contributed by atoms with Crippen molar-refractivity contribution < 1.29 is 22.3 Å². The molecular weight excluding hydrogens is 351 g/mol. The minimum Gasteiger partial charge on any atom is 0 e. The minimum absolute atomic E-state index is 0. The molecule has 0 heterocycles. The van der Waals surface area contributed by atoms with Crippen LogP contribution in [-0.2, 0) is 19.5 Å². The van der Waals surface area contributed by atoms with Gasteiger partial charge in [-0.2, -0.15) is 0 Å². The fraction of sp³-hybridized carbons (Fsp3) is 0. The summed E-state index contributed by atoms with van der Waals surface area (Å²) in [6.07, 6.45) is 0. The summed E-state index contributed by atoms with van der Waals surface area (Å²) in [6, 6.07) is 0. The van der Waals surface area contributed by atoms with Crippen LogP contribution in [0.3, 0.4) is 0 Å². The number of hydrogen-bond donors (Lipinski definition) is 0. The molecule has 0 aromatic carbocycles. The van der Waals surface area contributed by atoms with Crippen molar-refractivity contribution in [2.24, 2.45) is 0 Å². The van der Waals surface area contributed by atoms with Crippen LogP contribution >= 0.6 is 0 Å². The van der Waals surface area contributed by atoms with Gasteiger partial charge in [-0.05, 0) is 0 Å². The van der Waals surface area contributed by atoms with Crippen molar-refractivity contribution in [1.82, 2.24) is 0 Å². The van der Waals surface area contributed by atoms with Crippen molar-refractivity contribution in [3.8, 4) is 0 Å². The smallest absolute Gasteiger partial charge is 0 e. The molecule has 0 aromatic heterocycles. The molecule has 0 rings (SSSR count). The van der Waals surface area contributed by atoms with E-state index >= 15 is 0 Å². The first kappa shape index (κ1) is 26.4. The van der Waals surface area contributed by atoms with E-state index in [1.54, 1.807) is 0 Å². The zero-order valence-electron chi connectivity index (χ0n) is 3.91. The first-order valence-corrected chi connectivity index (χ1v) is 0. The van der Waals surface area contributed by atoms with Crippen LogP contribution in [0, 0.1) is 0 Å². The Kier molecular flexibility index (Phi) is 107. The summed E-state index contributed by atoms with van der Waals surface area (Å²) < 4.78 is 0. The molecule has 0 saturated heterocycles. The second-order valence-corrected chi connectivity index (χ2v) is 0. The first-order valence-electron chi connectivity index (χ1n) is 0. The topological polar surface area (TPSA) is 0 Å². The van der Waals surface area contributed by atoms with Crippen LogP contribution in [-0.4, -0.2) is 85.7 Å². The van der Waals surface area contributed by atoms with E-state index < -0.39 is 0 Å². The van der Waals surface area contributed by atoms with Crippen molar-refractivity contribution in [2.45, 2.75) is 0 Å². The zero-order valence-corrected chi connectivity index (χ0v) is 11.4. The van der Waals surface area contributed by atoms with E-state index in [-0.39, 0.29) is 108 Å². The largest absolute Gasteiger partial charge is 0 e. The van der Waals surface area contributed by atoms with E-state index in [0.717, 1.165) is 0 Å². The van der Waals surface area contributed by atoms with Crippen LogP contribution in [0.5, 0.6) is 0 Å². The summed E-state index contributed by atoms with van der Waals surface area (Å²) in [5.74, 6) is 0. The monoisotopic (exact) mass is 358 g/mol. The van der Waals surface area contributed by atoms with Crippen LogP contribution in [0.15, 0.2) is 0 Å². The minimum atomic E-state index is 0. The third-order valence-corrected chi connectivity index (χ3v) is 0. The summed E-state index contributed by atoms with van der Waals surface area (Å²) in [5.41, 5.74) is 0. The quantitative estimate of drug-likeness (QED) is 0.429. The maximum absolute atomic E-state index is 0. The Bertz CT molecular complexity index is 13.5. The van der Waals surface area contributed by atoms with Crippen LogP contribution < -0.4 is 0 Å². The predicted molar refractivity (Wildman–Crippen MR) is 26.5 cm³/mol. The Hall–Kier alpha value is 3.35. The summed E-state index contributed by atoms with van der Waals surface area (Å²) in [5, 5.41) is 0. The number of hydrogen-bond acceptors (Lipinski definition) is 0. The van der Waals surface area contributed by atoms with E-state index in [4.69, 9.17) is 0 Å². The Morgan fingerprint density at radius 2 is 1.25 bits per heavy atom. The van der Waals surface area contributed by atoms with E-state index in [1.165, 1.54) is 0 Å². The molecule has 0 spiro atoms. The third-order valence-electron chi connectivity index (χ3n) is 0. The molecule has 0 amide bonds. The van der Waals surface area contributed by atoms with Gasteiger partial charge in [0.1, 0.15) is 0 Å². The van der Waals surface area contributed by atoms with Crippen LogP contribution in [0.25, 0.3) is 0 Å². The third kappa shape index (κ3) is 9.02. The van der Waals surface area contributed by atoms with Gasteiger partial charge in [-0.1, -0.05) is 0 Å². The van der Waals surface area contributed by atoms with E-state index in [1.807, 2.05) is 0 Å². The summed E-state index contributed by atoms with van der Waals surface area (Å²) in [6.45, 7) is 0. The van der Waals surface area contributed by atoms with Crippen LogP contribution in [0.1, 0.15) is 2.85 Å². The molecule has 0 aliphatic carbocycles. The Morgan fingerprint density at radius 3 is 1.25 bits per heavy atom. The fourth-order valence-corrected chi connectivity index (χ4v) is 0. The van der Waals surface area contributed by atoms with Gasteiger partial charge < -0.3 is 2.85 Å². The molecule has 0 bridgehead atoms. The van der Waals surface area contributed by atoms with Crippen molar-refractivity contribution >= 4 is 85.7 Å². The molecule has 0 radical (unpaired) electrons. The average Bonchev–Trinajstić information content (AvgIpc) is 0. The van der Waals surface area contributed by atoms with Gasteiger partial charge in [0, 0.05) is 19.5 Å². The van der Waals surface area contributed by atoms with E-state index in [9.17, 15) is 0 Å². The SMILES string of the molecule is [Ba+2].[GaH3].[H-].[H-].[SeH2].[Zn]. The second kappa shape index (κ2) is 16.2. The van der Waals surface area contributed by atoms with Gasteiger partial charge in [-0.3, -0.25) is 0 Å². The molecule has 0 atom stereocenters. The maximum Gasteiger partial charge on any atom is 0 e. The van der Waals surface area contributed by atoms with Gasteiger partial charge in [0.15, 0.2) is 0 Å². The summed E-state index contributed by atoms with van der Waals surface area (Å²) >= 11 is 0. The average molecular weight is 358 g/mol. The molecule has 0 aromatic rings. The van der Waals surface area contributed by atoms with Gasteiger partial charge in [-0.25, -0.2) is 0 Å². The van der Waals surface area contributed by atoms with Crippen molar-refractivity contribution in [2.75, 3.05) is 0 Å². The molecule has 0 N–H and O–H groups in total. The van der Waals surface area contributed by atoms with E-state index in [2.05, 4.69) is 0 Å². The standard InChI is InChI=1S/Ba.Ga.H2Se.Zn.5H/h;;1H2;;;;;;/q+2;;;;;;;2*-1. The molecule has 4 heavy (non-hydrogen) atoms. The van der Waals surface area contributed by atoms with Gasteiger partial charge >= 0.3 is 85.7 Å². The molecule has 0 fully saturated rings. The van der Waals surface area contributed by atoms with E-state index in [0.29, 0.717) is 0 Å². The summed E-state index contributed by atoms with van der Waals surface area (Å²) in [7, 11) is 0. The Balaban J connectivity index is 0. The van der Waals surface area contributed by atoms with Crippen molar-refractivity contribution in [3.05, 3.63) is 0 Å². The Morgan fingerprint density at radius 1 is 1.25 bits per heavy atom. The predicted octanol–water partition coefficient (Wildman–Crippen LogP) is -2.26. The van der Waals surface area contributed by atoms with Gasteiger partial charge in [0.2, 0.25) is 0 Å². The number of rotatable bonds is 0. The molecule has 20 valence electrons. The normalized spacial score (nSPS) is 0. The van der Waals surface area contributed by atoms with Gasteiger partial charge in [-0.15, -0.1) is 0 Å². The molecule has 0 aliphatic heterocycles. The van der Waals surface area contributed by atoms with Crippen LogP contribution in [0.4, 0.5) is 0 Å². The summed E-state index contributed by atoms with van der Waals surface area (Å²) in [4.78, 5) is 0. The van der Waals surface area contributed by atoms with Crippen molar-refractivity contribution in [3.63, 3.8) is 0 Å². The molecule has 0 saturated carbocycles.